The van der Waals surface area contributed by atoms with Crippen molar-refractivity contribution >= 4 is 11.3 Å². The molecular weight excluding hydrogens is 281 g/mol. The van der Waals surface area contributed by atoms with E-state index in [4.69, 9.17) is 0 Å². The lowest BCUT2D eigenvalue weighted by molar-refractivity contribution is 0.273. The van der Waals surface area contributed by atoms with Gasteiger partial charge in [-0.1, -0.05) is 32.0 Å². The zero-order chi connectivity index (χ0) is 14.9. The van der Waals surface area contributed by atoms with Crippen LogP contribution in [-0.2, 0) is 5.41 Å². The molecule has 0 aliphatic heterocycles. The van der Waals surface area contributed by atoms with Crippen LogP contribution in [0.5, 0.6) is 0 Å². The molecule has 0 bridgehead atoms. The molecule has 1 heterocycles. The molecule has 1 aromatic carbocycles. The molecule has 3 rings (SSSR count). The Balaban J connectivity index is 1.49. The minimum absolute atomic E-state index is 0.122. The van der Waals surface area contributed by atoms with Crippen LogP contribution in [0.25, 0.3) is 0 Å². The first-order chi connectivity index (χ1) is 10.0. The predicted molar refractivity (Wildman–Crippen MR) is 87.5 cm³/mol. The largest absolute Gasteiger partial charge is 0.313 e. The minimum Gasteiger partial charge on any atom is -0.313 e. The van der Waals surface area contributed by atoms with Crippen LogP contribution < -0.4 is 5.32 Å². The molecule has 0 unspecified atom stereocenters. The highest BCUT2D eigenvalue weighted by molar-refractivity contribution is 7.10. The Hall–Kier alpha value is -1.19. The highest BCUT2D eigenvalue weighted by atomic mass is 32.1. The van der Waals surface area contributed by atoms with E-state index in [0.29, 0.717) is 12.0 Å². The van der Waals surface area contributed by atoms with Crippen molar-refractivity contribution in [2.75, 3.05) is 6.54 Å². The normalized spacial score (nSPS) is 22.0. The van der Waals surface area contributed by atoms with Crippen molar-refractivity contribution in [2.24, 2.45) is 0 Å². The van der Waals surface area contributed by atoms with E-state index < -0.39 is 0 Å². The Morgan fingerprint density at radius 1 is 1.24 bits per heavy atom. The van der Waals surface area contributed by atoms with Gasteiger partial charge in [0.2, 0.25) is 0 Å². The number of hydrogen-bond donors (Lipinski definition) is 1. The van der Waals surface area contributed by atoms with E-state index in [2.05, 4.69) is 36.7 Å². The molecule has 1 fully saturated rings. The fraction of sp³-hybridized carbons (Fsp3) is 0.444. The Labute approximate surface area is 130 Å². The number of benzene rings is 1. The zero-order valence-corrected chi connectivity index (χ0v) is 13.4. The molecule has 0 amide bonds. The highest BCUT2D eigenvalue weighted by Crippen LogP contribution is 2.37. The third-order valence-corrected chi connectivity index (χ3v) is 5.71. The molecular formula is C18H22FNS. The number of nitrogens with one attached hydrogen (secondary N) is 1. The zero-order valence-electron chi connectivity index (χ0n) is 12.6. The van der Waals surface area contributed by atoms with E-state index in [1.807, 2.05) is 23.5 Å². The van der Waals surface area contributed by atoms with Crippen LogP contribution in [0.15, 0.2) is 41.8 Å². The van der Waals surface area contributed by atoms with Crippen molar-refractivity contribution < 1.29 is 4.39 Å². The molecule has 1 aromatic heterocycles. The van der Waals surface area contributed by atoms with Gasteiger partial charge in [0.1, 0.15) is 5.82 Å². The fourth-order valence-corrected chi connectivity index (χ4v) is 3.82. The number of rotatable bonds is 5. The van der Waals surface area contributed by atoms with Crippen LogP contribution in [0.2, 0.25) is 0 Å². The van der Waals surface area contributed by atoms with Gasteiger partial charge in [0, 0.05) is 22.9 Å². The summed E-state index contributed by atoms with van der Waals surface area (Å²) in [7, 11) is 0. The summed E-state index contributed by atoms with van der Waals surface area (Å²) in [4.78, 5) is 1.43. The second kappa shape index (κ2) is 5.90. The molecule has 1 N–H and O–H groups in total. The fourth-order valence-electron chi connectivity index (χ4n) is 2.97. The van der Waals surface area contributed by atoms with Gasteiger partial charge < -0.3 is 5.32 Å². The molecule has 0 radical (unpaired) electrons. The molecule has 1 aliphatic carbocycles. The standard InChI is InChI=1S/C18H22FNS/c1-18(2,17-7-4-8-21-17)12-20-16-10-14(11-16)13-5-3-6-15(19)9-13/h3-9,14,16,20H,10-12H2,1-2H3. The number of thiophene rings is 1. The van der Waals surface area contributed by atoms with Crippen LogP contribution in [0.3, 0.4) is 0 Å². The summed E-state index contributed by atoms with van der Waals surface area (Å²) >= 11 is 1.82. The second-order valence-electron chi connectivity index (χ2n) is 6.66. The summed E-state index contributed by atoms with van der Waals surface area (Å²) in [5.41, 5.74) is 1.32. The Morgan fingerprint density at radius 2 is 2.05 bits per heavy atom. The van der Waals surface area contributed by atoms with Crippen LogP contribution in [0, 0.1) is 5.82 Å². The average molecular weight is 303 g/mol. The molecule has 1 aliphatic rings. The van der Waals surface area contributed by atoms with E-state index in [-0.39, 0.29) is 11.2 Å². The average Bonchev–Trinajstić information content (AvgIpc) is 2.91. The maximum absolute atomic E-state index is 13.2. The molecule has 21 heavy (non-hydrogen) atoms. The summed E-state index contributed by atoms with van der Waals surface area (Å²) in [5.74, 6) is 0.394. The summed E-state index contributed by atoms with van der Waals surface area (Å²) in [6, 6.07) is 11.9. The van der Waals surface area contributed by atoms with Gasteiger partial charge in [-0.2, -0.15) is 0 Å². The van der Waals surface area contributed by atoms with Crippen LogP contribution in [0.1, 0.15) is 43.0 Å². The topological polar surface area (TPSA) is 12.0 Å². The maximum atomic E-state index is 13.2. The summed E-state index contributed by atoms with van der Waals surface area (Å²) < 4.78 is 13.2. The van der Waals surface area contributed by atoms with Gasteiger partial charge in [-0.25, -0.2) is 4.39 Å². The molecule has 3 heteroatoms. The third-order valence-electron chi connectivity index (χ3n) is 4.48. The van der Waals surface area contributed by atoms with Crippen molar-refractivity contribution in [3.05, 3.63) is 58.0 Å². The van der Waals surface area contributed by atoms with Crippen molar-refractivity contribution in [1.29, 1.82) is 0 Å². The van der Waals surface area contributed by atoms with E-state index in [0.717, 1.165) is 24.9 Å². The van der Waals surface area contributed by atoms with E-state index in [1.165, 1.54) is 10.9 Å². The molecule has 0 atom stereocenters. The van der Waals surface area contributed by atoms with Crippen molar-refractivity contribution in [2.45, 2.75) is 44.1 Å². The van der Waals surface area contributed by atoms with Crippen molar-refractivity contribution in [1.82, 2.24) is 5.32 Å². The lowest BCUT2D eigenvalue weighted by Crippen LogP contribution is -2.45. The number of halogens is 1. The van der Waals surface area contributed by atoms with Crippen molar-refractivity contribution in [3.8, 4) is 0 Å². The van der Waals surface area contributed by atoms with E-state index >= 15 is 0 Å². The lowest BCUT2D eigenvalue weighted by atomic mass is 9.75. The molecule has 0 spiro atoms. The van der Waals surface area contributed by atoms with Gasteiger partial charge in [-0.3, -0.25) is 0 Å². The monoisotopic (exact) mass is 303 g/mol. The van der Waals surface area contributed by atoms with Gasteiger partial charge in [-0.05, 0) is 47.9 Å². The smallest absolute Gasteiger partial charge is 0.123 e. The minimum atomic E-state index is -0.122. The third kappa shape index (κ3) is 3.35. The SMILES string of the molecule is CC(C)(CNC1CC(c2cccc(F)c2)C1)c1cccs1. The van der Waals surface area contributed by atoms with Gasteiger partial charge >= 0.3 is 0 Å². The molecule has 1 nitrogen and oxygen atoms in total. The van der Waals surface area contributed by atoms with Gasteiger partial charge in [0.15, 0.2) is 0 Å². The van der Waals surface area contributed by atoms with E-state index in [9.17, 15) is 4.39 Å². The molecule has 1 saturated carbocycles. The molecule has 112 valence electrons. The van der Waals surface area contributed by atoms with Crippen LogP contribution >= 0.6 is 11.3 Å². The summed E-state index contributed by atoms with van der Waals surface area (Å²) in [5, 5.41) is 5.81. The van der Waals surface area contributed by atoms with Gasteiger partial charge in [-0.15, -0.1) is 11.3 Å². The Morgan fingerprint density at radius 3 is 2.71 bits per heavy atom. The Bertz CT molecular complexity index is 585. The predicted octanol–water partition coefficient (Wildman–Crippen LogP) is 4.70. The van der Waals surface area contributed by atoms with Crippen LogP contribution in [-0.4, -0.2) is 12.6 Å². The van der Waals surface area contributed by atoms with E-state index in [1.54, 1.807) is 6.07 Å². The first-order valence-electron chi connectivity index (χ1n) is 7.57. The highest BCUT2D eigenvalue weighted by Gasteiger charge is 2.32. The summed E-state index contributed by atoms with van der Waals surface area (Å²) in [6.45, 7) is 5.57. The first-order valence-corrected chi connectivity index (χ1v) is 8.45. The molecule has 2 aromatic rings. The van der Waals surface area contributed by atoms with Crippen molar-refractivity contribution in [3.63, 3.8) is 0 Å². The maximum Gasteiger partial charge on any atom is 0.123 e. The van der Waals surface area contributed by atoms with Crippen LogP contribution in [0.4, 0.5) is 4.39 Å². The quantitative estimate of drug-likeness (QED) is 0.844. The molecule has 0 saturated heterocycles. The Kier molecular flexibility index (Phi) is 4.14. The summed E-state index contributed by atoms with van der Waals surface area (Å²) in [6.07, 6.45) is 2.23. The second-order valence-corrected chi connectivity index (χ2v) is 7.61. The first kappa shape index (κ1) is 14.7. The number of hydrogen-bond acceptors (Lipinski definition) is 2. The lowest BCUT2D eigenvalue weighted by Gasteiger charge is -2.38. The van der Waals surface area contributed by atoms with Gasteiger partial charge in [0.25, 0.3) is 0 Å². The van der Waals surface area contributed by atoms with Gasteiger partial charge in [0.05, 0.1) is 0 Å².